The van der Waals surface area contributed by atoms with E-state index >= 15 is 0 Å². The number of hydrogen-bond acceptors (Lipinski definition) is 5. The van der Waals surface area contributed by atoms with Gasteiger partial charge in [-0.1, -0.05) is 48.0 Å². The normalized spacial score (nSPS) is 23.8. The molecule has 1 aromatic carbocycles. The zero-order valence-corrected chi connectivity index (χ0v) is 17.4. The van der Waals surface area contributed by atoms with Gasteiger partial charge in [-0.05, 0) is 42.5 Å². The maximum Gasteiger partial charge on any atom is 0.161 e. The first-order chi connectivity index (χ1) is 13.6. The second-order valence-corrected chi connectivity index (χ2v) is 9.19. The van der Waals surface area contributed by atoms with Crippen LogP contribution in [0, 0.1) is 0 Å². The van der Waals surface area contributed by atoms with E-state index in [4.69, 9.17) is 32.6 Å². The Morgan fingerprint density at radius 1 is 1.11 bits per heavy atom. The molecule has 3 atom stereocenters. The number of thioether (sulfide) groups is 1. The first-order valence-electron chi connectivity index (χ1n) is 9.07. The third-order valence-corrected chi connectivity index (χ3v) is 6.84. The van der Waals surface area contributed by atoms with Crippen LogP contribution in [0.5, 0.6) is 0 Å². The maximum absolute atomic E-state index is 6.29. The zero-order chi connectivity index (χ0) is 19.3. The van der Waals surface area contributed by atoms with E-state index in [0.717, 1.165) is 34.5 Å². The van der Waals surface area contributed by atoms with Crippen molar-refractivity contribution in [2.24, 2.45) is 4.99 Å². The molecule has 0 bridgehead atoms. The van der Waals surface area contributed by atoms with Gasteiger partial charge in [0.25, 0.3) is 0 Å². The second-order valence-electron chi connectivity index (χ2n) is 6.97. The van der Waals surface area contributed by atoms with E-state index in [2.05, 4.69) is 16.8 Å². The molecule has 0 unspecified atom stereocenters. The molecule has 0 radical (unpaired) electrons. The summed E-state index contributed by atoms with van der Waals surface area (Å²) in [5, 5.41) is 2.63. The molecule has 5 rings (SSSR count). The van der Waals surface area contributed by atoms with Gasteiger partial charge in [0.1, 0.15) is 23.6 Å². The van der Waals surface area contributed by atoms with E-state index in [0.29, 0.717) is 15.3 Å². The molecule has 2 aliphatic heterocycles. The summed E-state index contributed by atoms with van der Waals surface area (Å²) in [6.07, 6.45) is 1.81. The molecule has 142 valence electrons. The lowest BCUT2D eigenvalue weighted by Crippen LogP contribution is -2.28. The molecular weight excluding hydrogens is 413 g/mol. The standard InChI is InChI=1S/C21H17Cl2N3OS/c1-12-11-26-20(19(25-21(26)28-12)16-4-2-3-9-24-16)18-8-7-17(27-18)13-5-6-14(22)15(23)10-13/h2-10,12,19-20H,11H2,1H3/t12-,19+,20+/m1/s1. The average Bonchev–Trinajstić information content (AvgIpc) is 3.38. The van der Waals surface area contributed by atoms with Crippen LogP contribution in [-0.4, -0.2) is 26.8 Å². The van der Waals surface area contributed by atoms with Crippen molar-refractivity contribution < 1.29 is 4.42 Å². The third-order valence-electron chi connectivity index (χ3n) is 5.00. The number of pyridine rings is 1. The van der Waals surface area contributed by atoms with E-state index in [1.54, 1.807) is 6.07 Å². The first kappa shape index (κ1) is 18.1. The fraction of sp³-hybridized carbons (Fsp3) is 0.238. The largest absolute Gasteiger partial charge is 0.459 e. The summed E-state index contributed by atoms with van der Waals surface area (Å²) in [5.41, 5.74) is 1.86. The highest BCUT2D eigenvalue weighted by Gasteiger charge is 2.45. The highest BCUT2D eigenvalue weighted by atomic mass is 35.5. The predicted molar refractivity (Wildman–Crippen MR) is 115 cm³/mol. The number of amidine groups is 1. The molecule has 4 nitrogen and oxygen atoms in total. The molecule has 28 heavy (non-hydrogen) atoms. The van der Waals surface area contributed by atoms with Crippen molar-refractivity contribution in [2.75, 3.05) is 6.54 Å². The molecular formula is C21H17Cl2N3OS. The quantitative estimate of drug-likeness (QED) is 0.494. The van der Waals surface area contributed by atoms with Gasteiger partial charge in [0, 0.05) is 23.6 Å². The number of aromatic nitrogens is 1. The molecule has 2 aliphatic rings. The number of aliphatic imine (C=N–C) groups is 1. The maximum atomic E-state index is 6.29. The SMILES string of the molecule is C[C@@H]1CN2C(=N[C@@H](c3ccccn3)[C@@H]2c2ccc(-c3ccc(Cl)c(Cl)c3)o2)S1. The van der Waals surface area contributed by atoms with E-state index in [9.17, 15) is 0 Å². The number of benzene rings is 1. The van der Waals surface area contributed by atoms with Crippen LogP contribution in [0.15, 0.2) is 64.1 Å². The van der Waals surface area contributed by atoms with Gasteiger partial charge in [0.05, 0.1) is 15.7 Å². The molecule has 7 heteroatoms. The van der Waals surface area contributed by atoms with E-state index in [1.807, 2.05) is 60.4 Å². The zero-order valence-electron chi connectivity index (χ0n) is 15.0. The Hall–Kier alpha value is -1.95. The van der Waals surface area contributed by atoms with Gasteiger partial charge in [-0.3, -0.25) is 4.98 Å². The number of nitrogens with zero attached hydrogens (tertiary/aromatic N) is 3. The Morgan fingerprint density at radius 3 is 2.79 bits per heavy atom. The van der Waals surface area contributed by atoms with Crippen molar-refractivity contribution in [1.29, 1.82) is 0 Å². The van der Waals surface area contributed by atoms with Crippen LogP contribution in [0.1, 0.15) is 30.5 Å². The van der Waals surface area contributed by atoms with Crippen LogP contribution in [-0.2, 0) is 0 Å². The summed E-state index contributed by atoms with van der Waals surface area (Å²) >= 11 is 14.0. The fourth-order valence-electron chi connectivity index (χ4n) is 3.74. The molecule has 1 saturated heterocycles. The summed E-state index contributed by atoms with van der Waals surface area (Å²) in [6.45, 7) is 3.17. The molecule has 4 heterocycles. The fourth-order valence-corrected chi connectivity index (χ4v) is 5.13. The van der Waals surface area contributed by atoms with Crippen LogP contribution < -0.4 is 0 Å². The van der Waals surface area contributed by atoms with Gasteiger partial charge in [-0.2, -0.15) is 0 Å². The molecule has 3 aromatic rings. The van der Waals surface area contributed by atoms with Gasteiger partial charge in [-0.25, -0.2) is 4.99 Å². The summed E-state index contributed by atoms with van der Waals surface area (Å²) in [6, 6.07) is 15.4. The third kappa shape index (κ3) is 3.11. The summed E-state index contributed by atoms with van der Waals surface area (Å²) in [4.78, 5) is 11.9. The predicted octanol–water partition coefficient (Wildman–Crippen LogP) is 6.24. The second kappa shape index (κ2) is 7.14. The van der Waals surface area contributed by atoms with Crippen molar-refractivity contribution >= 4 is 40.1 Å². The van der Waals surface area contributed by atoms with E-state index < -0.39 is 0 Å². The summed E-state index contributed by atoms with van der Waals surface area (Å²) in [7, 11) is 0. The first-order valence-corrected chi connectivity index (χ1v) is 10.7. The number of hydrogen-bond donors (Lipinski definition) is 0. The minimum atomic E-state index is -0.0796. The molecule has 0 spiro atoms. The lowest BCUT2D eigenvalue weighted by molar-refractivity contribution is 0.277. The molecule has 0 aliphatic carbocycles. The van der Waals surface area contributed by atoms with Crippen LogP contribution in [0.4, 0.5) is 0 Å². The molecule has 0 amide bonds. The van der Waals surface area contributed by atoms with Crippen LogP contribution in [0.3, 0.4) is 0 Å². The van der Waals surface area contributed by atoms with Crippen molar-refractivity contribution in [3.05, 3.63) is 76.2 Å². The van der Waals surface area contributed by atoms with Crippen molar-refractivity contribution in [1.82, 2.24) is 9.88 Å². The molecule has 0 saturated carbocycles. The Labute approximate surface area is 177 Å². The topological polar surface area (TPSA) is 41.6 Å². The lowest BCUT2D eigenvalue weighted by Gasteiger charge is -2.25. The van der Waals surface area contributed by atoms with Gasteiger partial charge in [-0.15, -0.1) is 0 Å². The van der Waals surface area contributed by atoms with Gasteiger partial charge < -0.3 is 9.32 Å². The number of fused-ring (bicyclic) bond motifs is 1. The number of furan rings is 1. The van der Waals surface area contributed by atoms with E-state index in [-0.39, 0.29) is 12.1 Å². The van der Waals surface area contributed by atoms with Gasteiger partial charge in [0.15, 0.2) is 5.17 Å². The molecule has 2 aromatic heterocycles. The Balaban J connectivity index is 1.53. The Kier molecular flexibility index (Phi) is 4.62. The monoisotopic (exact) mass is 429 g/mol. The molecule has 1 fully saturated rings. The highest BCUT2D eigenvalue weighted by Crippen LogP contribution is 2.48. The van der Waals surface area contributed by atoms with Crippen LogP contribution in [0.25, 0.3) is 11.3 Å². The summed E-state index contributed by atoms with van der Waals surface area (Å²) < 4.78 is 6.29. The van der Waals surface area contributed by atoms with Crippen molar-refractivity contribution in [2.45, 2.75) is 24.3 Å². The van der Waals surface area contributed by atoms with Crippen molar-refractivity contribution in [3.63, 3.8) is 0 Å². The minimum Gasteiger partial charge on any atom is -0.459 e. The minimum absolute atomic E-state index is 0.00104. The van der Waals surface area contributed by atoms with Gasteiger partial charge in [0.2, 0.25) is 0 Å². The highest BCUT2D eigenvalue weighted by molar-refractivity contribution is 8.14. The van der Waals surface area contributed by atoms with Crippen LogP contribution in [0.2, 0.25) is 10.0 Å². The van der Waals surface area contributed by atoms with Gasteiger partial charge >= 0.3 is 0 Å². The Bertz CT molecular complexity index is 1050. The van der Waals surface area contributed by atoms with E-state index in [1.165, 1.54) is 0 Å². The number of rotatable bonds is 3. The number of halogens is 2. The molecule has 0 N–H and O–H groups in total. The average molecular weight is 430 g/mol. The van der Waals surface area contributed by atoms with Crippen LogP contribution >= 0.6 is 35.0 Å². The smallest absolute Gasteiger partial charge is 0.161 e. The lowest BCUT2D eigenvalue weighted by atomic mass is 10.0. The summed E-state index contributed by atoms with van der Waals surface area (Å²) in [5.74, 6) is 1.65. The van der Waals surface area contributed by atoms with Crippen molar-refractivity contribution in [3.8, 4) is 11.3 Å². The Morgan fingerprint density at radius 2 is 2.00 bits per heavy atom.